The van der Waals surface area contributed by atoms with Gasteiger partial charge in [-0.3, -0.25) is 4.79 Å². The number of nitrogens with one attached hydrogen (secondary N) is 1. The number of benzene rings is 2. The smallest absolute Gasteiger partial charge is 0.224 e. The van der Waals surface area contributed by atoms with Crippen LogP contribution >= 0.6 is 23.4 Å². The van der Waals surface area contributed by atoms with E-state index in [1.807, 2.05) is 42.7 Å². The number of rotatable bonds is 6. The van der Waals surface area contributed by atoms with Crippen LogP contribution in [-0.4, -0.2) is 17.1 Å². The summed E-state index contributed by atoms with van der Waals surface area (Å²) in [6.45, 7) is 0. The maximum absolute atomic E-state index is 12.1. The van der Waals surface area contributed by atoms with E-state index in [0.29, 0.717) is 29.5 Å². The molecule has 1 aromatic heterocycles. The molecule has 0 spiro atoms. The lowest BCUT2D eigenvalue weighted by atomic mass is 10.2. The number of oxazole rings is 1. The fourth-order valence-corrected chi connectivity index (χ4v) is 2.83. The highest BCUT2D eigenvalue weighted by Gasteiger charge is 2.09. The predicted octanol–water partition coefficient (Wildman–Crippen LogP) is 5.29. The number of thioether (sulfide) groups is 1. The molecule has 0 atom stereocenters. The number of halogens is 1. The van der Waals surface area contributed by atoms with Gasteiger partial charge in [0.15, 0.2) is 11.7 Å². The fourth-order valence-electron chi connectivity index (χ4n) is 2.29. The number of carbonyl (C=O) groups excluding carboxylic acids is 1. The minimum Gasteiger partial charge on any atom is -0.441 e. The van der Waals surface area contributed by atoms with E-state index in [0.717, 1.165) is 16.1 Å². The van der Waals surface area contributed by atoms with E-state index in [-0.39, 0.29) is 5.91 Å². The Morgan fingerprint density at radius 3 is 2.56 bits per heavy atom. The summed E-state index contributed by atoms with van der Waals surface area (Å²) in [6, 6.07) is 15.1. The van der Waals surface area contributed by atoms with Crippen molar-refractivity contribution in [2.24, 2.45) is 0 Å². The Balaban J connectivity index is 1.54. The van der Waals surface area contributed by atoms with Crippen molar-refractivity contribution in [2.45, 2.75) is 17.7 Å². The van der Waals surface area contributed by atoms with Gasteiger partial charge in [0.25, 0.3) is 0 Å². The molecule has 0 aliphatic heterocycles. The van der Waals surface area contributed by atoms with Gasteiger partial charge in [0, 0.05) is 34.0 Å². The molecule has 1 amide bonds. The molecule has 6 heteroatoms. The molecule has 2 aromatic carbocycles. The Morgan fingerprint density at radius 1 is 1.16 bits per heavy atom. The lowest BCUT2D eigenvalue weighted by molar-refractivity contribution is -0.116. The SMILES string of the molecule is CSc1ccc(NC(=O)CCc2ncc(-c3ccc(Cl)cc3)o2)cc1. The van der Waals surface area contributed by atoms with E-state index in [2.05, 4.69) is 10.3 Å². The van der Waals surface area contributed by atoms with Gasteiger partial charge < -0.3 is 9.73 Å². The molecule has 4 nitrogen and oxygen atoms in total. The molecule has 0 aliphatic carbocycles. The summed E-state index contributed by atoms with van der Waals surface area (Å²) in [5.74, 6) is 1.14. The zero-order valence-electron chi connectivity index (χ0n) is 13.7. The first-order valence-electron chi connectivity index (χ1n) is 7.78. The zero-order valence-corrected chi connectivity index (χ0v) is 15.2. The Bertz CT molecular complexity index is 845. The van der Waals surface area contributed by atoms with Crippen molar-refractivity contribution in [3.8, 4) is 11.3 Å². The first-order valence-corrected chi connectivity index (χ1v) is 9.39. The largest absolute Gasteiger partial charge is 0.441 e. The van der Waals surface area contributed by atoms with Gasteiger partial charge in [0.1, 0.15) is 0 Å². The zero-order chi connectivity index (χ0) is 17.6. The lowest BCUT2D eigenvalue weighted by Gasteiger charge is -2.05. The summed E-state index contributed by atoms with van der Waals surface area (Å²) in [5, 5.41) is 3.55. The van der Waals surface area contributed by atoms with Crippen LogP contribution in [0.5, 0.6) is 0 Å². The fraction of sp³-hybridized carbons (Fsp3) is 0.158. The first-order chi connectivity index (χ1) is 12.1. The van der Waals surface area contributed by atoms with Gasteiger partial charge in [-0.1, -0.05) is 11.6 Å². The maximum atomic E-state index is 12.1. The molecule has 0 saturated heterocycles. The molecular formula is C19H17ClN2O2S. The molecule has 0 saturated carbocycles. The molecule has 1 heterocycles. The minimum absolute atomic E-state index is 0.0665. The highest BCUT2D eigenvalue weighted by Crippen LogP contribution is 2.23. The average Bonchev–Trinajstić information content (AvgIpc) is 3.10. The molecule has 3 aromatic rings. The summed E-state index contributed by atoms with van der Waals surface area (Å²) in [4.78, 5) is 17.4. The number of hydrogen-bond acceptors (Lipinski definition) is 4. The number of aryl methyl sites for hydroxylation is 1. The van der Waals surface area contributed by atoms with Crippen molar-refractivity contribution < 1.29 is 9.21 Å². The van der Waals surface area contributed by atoms with Gasteiger partial charge in [-0.2, -0.15) is 0 Å². The highest BCUT2D eigenvalue weighted by molar-refractivity contribution is 7.98. The second kappa shape index (κ2) is 8.23. The van der Waals surface area contributed by atoms with Crippen molar-refractivity contribution in [3.63, 3.8) is 0 Å². The molecular weight excluding hydrogens is 356 g/mol. The molecule has 0 unspecified atom stereocenters. The second-order valence-electron chi connectivity index (χ2n) is 5.40. The topological polar surface area (TPSA) is 55.1 Å². The van der Waals surface area contributed by atoms with E-state index in [1.165, 1.54) is 0 Å². The van der Waals surface area contributed by atoms with Crippen molar-refractivity contribution in [1.29, 1.82) is 0 Å². The minimum atomic E-state index is -0.0665. The molecule has 0 bridgehead atoms. The third-order valence-electron chi connectivity index (χ3n) is 3.62. The van der Waals surface area contributed by atoms with Gasteiger partial charge in [0.05, 0.1) is 6.20 Å². The lowest BCUT2D eigenvalue weighted by Crippen LogP contribution is -2.12. The van der Waals surface area contributed by atoms with E-state index in [1.54, 1.807) is 30.1 Å². The number of aromatic nitrogens is 1. The van der Waals surface area contributed by atoms with E-state index >= 15 is 0 Å². The van der Waals surface area contributed by atoms with Crippen LogP contribution in [0, 0.1) is 0 Å². The number of carbonyl (C=O) groups is 1. The number of amides is 1. The number of hydrogen-bond donors (Lipinski definition) is 1. The predicted molar refractivity (Wildman–Crippen MR) is 102 cm³/mol. The van der Waals surface area contributed by atoms with Crippen LogP contribution in [0.2, 0.25) is 5.02 Å². The van der Waals surface area contributed by atoms with E-state index in [4.69, 9.17) is 16.0 Å². The van der Waals surface area contributed by atoms with Gasteiger partial charge in [-0.25, -0.2) is 4.98 Å². The van der Waals surface area contributed by atoms with Crippen LogP contribution in [0.15, 0.2) is 64.0 Å². The summed E-state index contributed by atoms with van der Waals surface area (Å²) >= 11 is 7.54. The average molecular weight is 373 g/mol. The van der Waals surface area contributed by atoms with Crippen molar-refractivity contribution in [2.75, 3.05) is 11.6 Å². The monoisotopic (exact) mass is 372 g/mol. The van der Waals surface area contributed by atoms with Gasteiger partial charge >= 0.3 is 0 Å². The van der Waals surface area contributed by atoms with Crippen LogP contribution < -0.4 is 5.32 Å². The number of nitrogens with zero attached hydrogens (tertiary/aromatic N) is 1. The maximum Gasteiger partial charge on any atom is 0.224 e. The van der Waals surface area contributed by atoms with Crippen LogP contribution in [0.3, 0.4) is 0 Å². The molecule has 128 valence electrons. The molecule has 1 N–H and O–H groups in total. The third-order valence-corrected chi connectivity index (χ3v) is 4.62. The molecule has 0 radical (unpaired) electrons. The third kappa shape index (κ3) is 4.87. The first kappa shape index (κ1) is 17.6. The Labute approximate surface area is 155 Å². The standard InChI is InChI=1S/C19H17ClN2O2S/c1-25-16-8-6-15(7-9-16)22-18(23)10-11-19-21-12-17(24-19)13-2-4-14(20)5-3-13/h2-9,12H,10-11H2,1H3,(H,22,23). The summed E-state index contributed by atoms with van der Waals surface area (Å²) < 4.78 is 5.70. The van der Waals surface area contributed by atoms with Crippen molar-refractivity contribution in [3.05, 3.63) is 65.6 Å². The molecule has 0 fully saturated rings. The van der Waals surface area contributed by atoms with Gasteiger partial charge in [-0.15, -0.1) is 11.8 Å². The van der Waals surface area contributed by atoms with Crippen LogP contribution in [0.1, 0.15) is 12.3 Å². The molecule has 3 rings (SSSR count). The van der Waals surface area contributed by atoms with Crippen LogP contribution in [0.4, 0.5) is 5.69 Å². The second-order valence-corrected chi connectivity index (χ2v) is 6.72. The van der Waals surface area contributed by atoms with Gasteiger partial charge in [-0.05, 0) is 54.8 Å². The van der Waals surface area contributed by atoms with Crippen LogP contribution in [0.25, 0.3) is 11.3 Å². The van der Waals surface area contributed by atoms with E-state index < -0.39 is 0 Å². The Morgan fingerprint density at radius 2 is 1.88 bits per heavy atom. The summed E-state index contributed by atoms with van der Waals surface area (Å²) in [5.41, 5.74) is 1.69. The Hall–Kier alpha value is -2.24. The quantitative estimate of drug-likeness (QED) is 0.597. The van der Waals surface area contributed by atoms with Crippen molar-refractivity contribution in [1.82, 2.24) is 4.98 Å². The van der Waals surface area contributed by atoms with Crippen LogP contribution in [-0.2, 0) is 11.2 Å². The summed E-state index contributed by atoms with van der Waals surface area (Å²) in [7, 11) is 0. The van der Waals surface area contributed by atoms with E-state index in [9.17, 15) is 4.79 Å². The van der Waals surface area contributed by atoms with Crippen molar-refractivity contribution >= 4 is 35.0 Å². The molecule has 0 aliphatic rings. The Kier molecular flexibility index (Phi) is 5.79. The normalized spacial score (nSPS) is 10.6. The highest BCUT2D eigenvalue weighted by atomic mass is 35.5. The van der Waals surface area contributed by atoms with Gasteiger partial charge in [0.2, 0.25) is 5.91 Å². The number of anilines is 1. The molecule has 25 heavy (non-hydrogen) atoms. The summed E-state index contributed by atoms with van der Waals surface area (Å²) in [6.07, 6.45) is 4.44.